The molecule has 0 radical (unpaired) electrons. The second-order valence-corrected chi connectivity index (χ2v) is 4.94. The Morgan fingerprint density at radius 1 is 1.38 bits per heavy atom. The lowest BCUT2D eigenvalue weighted by atomic mass is 10.1. The highest BCUT2D eigenvalue weighted by molar-refractivity contribution is 5.67. The van der Waals surface area contributed by atoms with Crippen LogP contribution in [0.1, 0.15) is 18.4 Å². The summed E-state index contributed by atoms with van der Waals surface area (Å²) in [5.74, 6) is 0. The summed E-state index contributed by atoms with van der Waals surface area (Å²) in [6, 6.07) is 8.96. The number of azide groups is 1. The molecule has 0 spiro atoms. The van der Waals surface area contributed by atoms with Gasteiger partial charge in [-0.05, 0) is 23.9 Å². The van der Waals surface area contributed by atoms with Crippen LogP contribution < -0.4 is 0 Å². The molecule has 7 nitrogen and oxygen atoms in total. The van der Waals surface area contributed by atoms with Crippen molar-refractivity contribution in [2.24, 2.45) is 5.11 Å². The van der Waals surface area contributed by atoms with Crippen LogP contribution in [0.3, 0.4) is 0 Å². The lowest BCUT2D eigenvalue weighted by Gasteiger charge is -2.19. The van der Waals surface area contributed by atoms with Gasteiger partial charge in [0.15, 0.2) is 0 Å². The number of benzene rings is 1. The highest BCUT2D eigenvalue weighted by Crippen LogP contribution is 2.16. The molecule has 0 aliphatic carbocycles. The van der Waals surface area contributed by atoms with Crippen LogP contribution in [0.4, 0.5) is 4.79 Å². The second kappa shape index (κ2) is 7.52. The van der Waals surface area contributed by atoms with E-state index in [1.807, 2.05) is 30.3 Å². The molecule has 1 heterocycles. The number of carbonyl (C=O) groups excluding carboxylic acids is 1. The van der Waals surface area contributed by atoms with E-state index in [1.165, 1.54) is 0 Å². The summed E-state index contributed by atoms with van der Waals surface area (Å²) in [4.78, 5) is 16.3. The zero-order valence-electron chi connectivity index (χ0n) is 11.6. The average molecular weight is 290 g/mol. The molecule has 112 valence electrons. The fourth-order valence-electron chi connectivity index (χ4n) is 2.27. The Morgan fingerprint density at radius 3 is 2.81 bits per heavy atom. The normalized spacial score (nSPS) is 22.0. The van der Waals surface area contributed by atoms with Gasteiger partial charge >= 0.3 is 6.09 Å². The van der Waals surface area contributed by atoms with Crippen LogP contribution in [0, 0.1) is 0 Å². The molecule has 0 aromatic heterocycles. The van der Waals surface area contributed by atoms with Crippen molar-refractivity contribution in [3.63, 3.8) is 0 Å². The number of hydrogen-bond donors (Lipinski definition) is 1. The number of carbonyl (C=O) groups is 1. The molecule has 0 unspecified atom stereocenters. The largest absolute Gasteiger partial charge is 0.445 e. The number of ether oxygens (including phenoxy) is 1. The van der Waals surface area contributed by atoms with Crippen LogP contribution in [0.15, 0.2) is 35.4 Å². The summed E-state index contributed by atoms with van der Waals surface area (Å²) >= 11 is 0. The zero-order valence-corrected chi connectivity index (χ0v) is 11.6. The van der Waals surface area contributed by atoms with Gasteiger partial charge in [-0.25, -0.2) is 4.79 Å². The Kier molecular flexibility index (Phi) is 5.43. The maximum atomic E-state index is 12.0. The summed E-state index contributed by atoms with van der Waals surface area (Å²) in [6.07, 6.45) is -0.309. The van der Waals surface area contributed by atoms with Crippen LogP contribution in [0.5, 0.6) is 0 Å². The first kappa shape index (κ1) is 15.2. The third kappa shape index (κ3) is 4.37. The molecule has 21 heavy (non-hydrogen) atoms. The van der Waals surface area contributed by atoms with Gasteiger partial charge in [-0.3, -0.25) is 0 Å². The maximum Gasteiger partial charge on any atom is 0.410 e. The van der Waals surface area contributed by atoms with Gasteiger partial charge in [-0.15, -0.1) is 0 Å². The topological polar surface area (TPSA) is 98.5 Å². The third-order valence-corrected chi connectivity index (χ3v) is 3.50. The number of amides is 1. The Morgan fingerprint density at radius 2 is 2.10 bits per heavy atom. The SMILES string of the molecule is [N-]=[N+]=N[C@H]1CCN(C(=O)OCc2ccccc2)CC[C@@H]1O. The molecule has 0 bridgehead atoms. The zero-order chi connectivity index (χ0) is 15.1. The summed E-state index contributed by atoms with van der Waals surface area (Å²) in [7, 11) is 0. The van der Waals surface area contributed by atoms with Gasteiger partial charge < -0.3 is 14.7 Å². The summed E-state index contributed by atoms with van der Waals surface area (Å²) in [5, 5.41) is 13.4. The quantitative estimate of drug-likeness (QED) is 0.526. The molecule has 1 N–H and O–H groups in total. The Balaban J connectivity index is 1.87. The minimum absolute atomic E-state index is 0.221. The van der Waals surface area contributed by atoms with Crippen molar-refractivity contribution in [3.05, 3.63) is 46.3 Å². The van der Waals surface area contributed by atoms with Crippen LogP contribution in [0.25, 0.3) is 10.4 Å². The van der Waals surface area contributed by atoms with E-state index in [1.54, 1.807) is 4.90 Å². The Bertz CT molecular complexity index is 516. The lowest BCUT2D eigenvalue weighted by molar-refractivity contribution is 0.0947. The van der Waals surface area contributed by atoms with E-state index in [-0.39, 0.29) is 6.61 Å². The smallest absolute Gasteiger partial charge is 0.410 e. The van der Waals surface area contributed by atoms with Gasteiger partial charge in [0.05, 0.1) is 12.1 Å². The summed E-state index contributed by atoms with van der Waals surface area (Å²) < 4.78 is 5.26. The van der Waals surface area contributed by atoms with Gasteiger partial charge in [0, 0.05) is 18.0 Å². The molecule has 2 atom stereocenters. The minimum atomic E-state index is -0.715. The summed E-state index contributed by atoms with van der Waals surface area (Å²) in [5.41, 5.74) is 9.38. The predicted octanol–water partition coefficient (Wildman–Crippen LogP) is 2.46. The number of aliphatic hydroxyl groups is 1. The lowest BCUT2D eigenvalue weighted by Crippen LogP contribution is -2.32. The molecule has 7 heteroatoms. The van der Waals surface area contributed by atoms with Crippen LogP contribution in [0.2, 0.25) is 0 Å². The van der Waals surface area contributed by atoms with Crippen molar-refractivity contribution in [1.82, 2.24) is 4.90 Å². The highest BCUT2D eigenvalue weighted by Gasteiger charge is 2.26. The van der Waals surface area contributed by atoms with Crippen LogP contribution in [-0.4, -0.2) is 41.3 Å². The number of hydrogen-bond acceptors (Lipinski definition) is 4. The van der Waals surface area contributed by atoms with E-state index >= 15 is 0 Å². The minimum Gasteiger partial charge on any atom is -0.445 e. The molecule has 1 aromatic carbocycles. The molecule has 2 rings (SSSR count). The fourth-order valence-corrected chi connectivity index (χ4v) is 2.27. The number of rotatable bonds is 3. The van der Waals surface area contributed by atoms with Gasteiger partial charge in [0.2, 0.25) is 0 Å². The number of nitrogens with zero attached hydrogens (tertiary/aromatic N) is 4. The van der Waals surface area contributed by atoms with E-state index in [4.69, 9.17) is 10.3 Å². The first-order valence-electron chi connectivity index (χ1n) is 6.88. The van der Waals surface area contributed by atoms with Crippen LogP contribution >= 0.6 is 0 Å². The van der Waals surface area contributed by atoms with Crippen molar-refractivity contribution in [2.45, 2.75) is 31.6 Å². The average Bonchev–Trinajstić information content (AvgIpc) is 2.69. The molecule has 0 saturated carbocycles. The van der Waals surface area contributed by atoms with Crippen LogP contribution in [-0.2, 0) is 11.3 Å². The third-order valence-electron chi connectivity index (χ3n) is 3.50. The van der Waals surface area contributed by atoms with E-state index in [0.29, 0.717) is 25.9 Å². The monoisotopic (exact) mass is 290 g/mol. The van der Waals surface area contributed by atoms with Crippen molar-refractivity contribution in [3.8, 4) is 0 Å². The first-order valence-corrected chi connectivity index (χ1v) is 6.88. The number of likely N-dealkylation sites (tertiary alicyclic amines) is 1. The predicted molar refractivity (Wildman–Crippen MR) is 76.4 cm³/mol. The van der Waals surface area contributed by atoms with Gasteiger partial charge in [-0.1, -0.05) is 35.4 Å². The van der Waals surface area contributed by atoms with Gasteiger partial charge in [-0.2, -0.15) is 0 Å². The number of aliphatic hydroxyl groups excluding tert-OH is 1. The Labute approximate surface area is 122 Å². The Hall–Kier alpha value is -2.24. The maximum absolute atomic E-state index is 12.0. The molecule has 1 aliphatic heterocycles. The van der Waals surface area contributed by atoms with E-state index < -0.39 is 18.2 Å². The molecule has 1 saturated heterocycles. The standard InChI is InChI=1S/C14H18N4O3/c15-17-16-12-6-8-18(9-7-13(12)19)14(20)21-10-11-4-2-1-3-5-11/h1-5,12-13,19H,6-10H2/t12-,13-/m0/s1. The second-order valence-electron chi connectivity index (χ2n) is 4.94. The van der Waals surface area contributed by atoms with E-state index in [0.717, 1.165) is 5.56 Å². The van der Waals surface area contributed by atoms with Gasteiger partial charge in [0.1, 0.15) is 6.61 Å². The first-order chi connectivity index (χ1) is 10.2. The van der Waals surface area contributed by atoms with Crippen molar-refractivity contribution in [1.29, 1.82) is 0 Å². The van der Waals surface area contributed by atoms with E-state index in [2.05, 4.69) is 10.0 Å². The highest BCUT2D eigenvalue weighted by atomic mass is 16.6. The van der Waals surface area contributed by atoms with Gasteiger partial charge in [0.25, 0.3) is 0 Å². The fraction of sp³-hybridized carbons (Fsp3) is 0.500. The molecular weight excluding hydrogens is 272 g/mol. The van der Waals surface area contributed by atoms with E-state index in [9.17, 15) is 9.90 Å². The van der Waals surface area contributed by atoms with Crippen molar-refractivity contribution >= 4 is 6.09 Å². The molecular formula is C14H18N4O3. The molecule has 1 aromatic rings. The molecule has 1 fully saturated rings. The summed E-state index contributed by atoms with van der Waals surface area (Å²) in [6.45, 7) is 1.03. The van der Waals surface area contributed by atoms with Crippen molar-refractivity contribution in [2.75, 3.05) is 13.1 Å². The molecule has 1 aliphatic rings. The van der Waals surface area contributed by atoms with Crippen molar-refractivity contribution < 1.29 is 14.6 Å². The molecule has 1 amide bonds.